The van der Waals surface area contributed by atoms with E-state index in [4.69, 9.17) is 4.74 Å². The number of rotatable bonds is 6. The van der Waals surface area contributed by atoms with Gasteiger partial charge in [0, 0.05) is 62.5 Å². The number of amides is 1. The summed E-state index contributed by atoms with van der Waals surface area (Å²) < 4.78 is 5.74. The van der Waals surface area contributed by atoms with Gasteiger partial charge in [-0.15, -0.1) is 0 Å². The molecule has 0 spiro atoms. The molecule has 0 unspecified atom stereocenters. The van der Waals surface area contributed by atoms with Crippen molar-refractivity contribution in [3.05, 3.63) is 60.2 Å². The first-order valence-electron chi connectivity index (χ1n) is 9.09. The van der Waals surface area contributed by atoms with Gasteiger partial charge in [0.2, 0.25) is 5.91 Å². The normalized spacial score (nSPS) is 25.2. The fraction of sp³-hybridized carbons (Fsp3) is 0.450. The minimum atomic E-state index is -0.0756. The Morgan fingerprint density at radius 1 is 1.31 bits per heavy atom. The summed E-state index contributed by atoms with van der Waals surface area (Å²) in [5.41, 5.74) is 2.01. The summed E-state index contributed by atoms with van der Waals surface area (Å²) in [5.74, 6) is 0.499. The first kappa shape index (κ1) is 17.1. The molecule has 0 aromatic carbocycles. The number of hydrogen-bond acceptors (Lipinski definition) is 5. The average Bonchev–Trinajstić information content (AvgIpc) is 3.18. The number of likely N-dealkylation sites (tertiary alicyclic amines) is 1. The fourth-order valence-electron chi connectivity index (χ4n) is 4.12. The van der Waals surface area contributed by atoms with Gasteiger partial charge in [0.1, 0.15) is 0 Å². The molecule has 2 saturated heterocycles. The molecule has 0 aliphatic carbocycles. The second kappa shape index (κ2) is 7.51. The minimum Gasteiger partial charge on any atom is -0.380 e. The number of fused-ring (bicyclic) bond motifs is 1. The van der Waals surface area contributed by atoms with Gasteiger partial charge in [-0.1, -0.05) is 12.1 Å². The molecule has 0 saturated carbocycles. The molecule has 6 nitrogen and oxygen atoms in total. The van der Waals surface area contributed by atoms with E-state index in [2.05, 4.69) is 26.3 Å². The van der Waals surface area contributed by atoms with Crippen molar-refractivity contribution in [2.24, 2.45) is 11.3 Å². The van der Waals surface area contributed by atoms with E-state index in [1.54, 1.807) is 12.4 Å². The van der Waals surface area contributed by atoms with Crippen LogP contribution in [0.2, 0.25) is 0 Å². The van der Waals surface area contributed by atoms with Gasteiger partial charge in [-0.25, -0.2) is 0 Å². The van der Waals surface area contributed by atoms with E-state index in [1.165, 1.54) is 0 Å². The second-order valence-corrected chi connectivity index (χ2v) is 7.38. The van der Waals surface area contributed by atoms with Crippen LogP contribution < -0.4 is 5.32 Å². The molecule has 2 fully saturated rings. The van der Waals surface area contributed by atoms with Gasteiger partial charge in [0.05, 0.1) is 18.9 Å². The van der Waals surface area contributed by atoms with E-state index < -0.39 is 0 Å². The van der Waals surface area contributed by atoms with Crippen LogP contribution in [0.5, 0.6) is 0 Å². The van der Waals surface area contributed by atoms with E-state index in [0.29, 0.717) is 25.5 Å². The maximum Gasteiger partial charge on any atom is 0.220 e. The summed E-state index contributed by atoms with van der Waals surface area (Å²) in [5, 5.41) is 3.03. The van der Waals surface area contributed by atoms with E-state index in [-0.39, 0.29) is 11.3 Å². The van der Waals surface area contributed by atoms with Crippen LogP contribution in [0.1, 0.15) is 17.7 Å². The Bertz CT molecular complexity index is 740. The Morgan fingerprint density at radius 3 is 3.08 bits per heavy atom. The first-order chi connectivity index (χ1) is 12.7. The zero-order valence-electron chi connectivity index (χ0n) is 14.8. The smallest absolute Gasteiger partial charge is 0.220 e. The Hall–Kier alpha value is -2.31. The largest absolute Gasteiger partial charge is 0.380 e. The quantitative estimate of drug-likeness (QED) is 0.856. The number of nitrogens with zero attached hydrogens (tertiary/aromatic N) is 3. The van der Waals surface area contributed by atoms with Gasteiger partial charge in [0.25, 0.3) is 0 Å². The maximum atomic E-state index is 12.6. The van der Waals surface area contributed by atoms with Crippen molar-refractivity contribution >= 4 is 5.91 Å². The van der Waals surface area contributed by atoms with Crippen molar-refractivity contribution in [1.82, 2.24) is 20.2 Å². The lowest BCUT2D eigenvalue weighted by atomic mass is 9.78. The van der Waals surface area contributed by atoms with Crippen molar-refractivity contribution in [2.75, 3.05) is 26.3 Å². The van der Waals surface area contributed by atoms with E-state index in [9.17, 15) is 4.79 Å². The Kier molecular flexibility index (Phi) is 4.95. The van der Waals surface area contributed by atoms with Crippen LogP contribution in [-0.4, -0.2) is 47.1 Å². The third kappa shape index (κ3) is 3.76. The lowest BCUT2D eigenvalue weighted by Crippen LogP contribution is -2.37. The summed E-state index contributed by atoms with van der Waals surface area (Å²) in [6, 6.07) is 9.86. The van der Waals surface area contributed by atoms with Gasteiger partial charge in [-0.3, -0.25) is 19.7 Å². The molecular formula is C20H24N4O2. The van der Waals surface area contributed by atoms with Crippen molar-refractivity contribution < 1.29 is 9.53 Å². The van der Waals surface area contributed by atoms with Crippen molar-refractivity contribution in [3.8, 4) is 0 Å². The van der Waals surface area contributed by atoms with E-state index in [0.717, 1.165) is 37.5 Å². The Labute approximate surface area is 153 Å². The number of carbonyl (C=O) groups is 1. The van der Waals surface area contributed by atoms with Gasteiger partial charge >= 0.3 is 0 Å². The summed E-state index contributed by atoms with van der Waals surface area (Å²) in [4.78, 5) is 23.5. The molecule has 2 aromatic heterocycles. The molecule has 1 N–H and O–H groups in total. The highest BCUT2D eigenvalue weighted by atomic mass is 16.5. The predicted molar refractivity (Wildman–Crippen MR) is 97.0 cm³/mol. The van der Waals surface area contributed by atoms with Crippen LogP contribution in [0.4, 0.5) is 0 Å². The van der Waals surface area contributed by atoms with Gasteiger partial charge in [-0.05, 0) is 23.8 Å². The molecule has 26 heavy (non-hydrogen) atoms. The fourth-order valence-corrected chi connectivity index (χ4v) is 4.12. The van der Waals surface area contributed by atoms with E-state index in [1.807, 2.05) is 30.5 Å². The van der Waals surface area contributed by atoms with Gasteiger partial charge < -0.3 is 10.1 Å². The molecule has 2 aliphatic heterocycles. The number of carbonyl (C=O) groups excluding carboxylic acids is 1. The lowest BCUT2D eigenvalue weighted by Gasteiger charge is -2.26. The van der Waals surface area contributed by atoms with Crippen LogP contribution in [0.25, 0.3) is 0 Å². The standard InChI is InChI=1S/C20H24N4O2/c25-19(23-10-16-4-3-6-21-9-16)8-20-14-24(11-17(20)13-26-15-20)12-18-5-1-2-7-22-18/h1-7,9,17H,8,10-15H2,(H,23,25)/t17-,20+/m0/s1. The zero-order valence-corrected chi connectivity index (χ0v) is 14.8. The van der Waals surface area contributed by atoms with Crippen molar-refractivity contribution in [2.45, 2.75) is 19.5 Å². The number of hydrogen-bond donors (Lipinski definition) is 1. The second-order valence-electron chi connectivity index (χ2n) is 7.38. The number of ether oxygens (including phenoxy) is 1. The highest BCUT2D eigenvalue weighted by molar-refractivity contribution is 5.77. The molecule has 0 radical (unpaired) electrons. The van der Waals surface area contributed by atoms with Crippen LogP contribution in [-0.2, 0) is 22.6 Å². The average molecular weight is 352 g/mol. The molecule has 2 atom stereocenters. The van der Waals surface area contributed by atoms with E-state index >= 15 is 0 Å². The molecular weight excluding hydrogens is 328 g/mol. The highest BCUT2D eigenvalue weighted by Crippen LogP contribution is 2.44. The first-order valence-corrected chi connectivity index (χ1v) is 9.09. The van der Waals surface area contributed by atoms with Crippen LogP contribution in [0.3, 0.4) is 0 Å². The number of nitrogens with one attached hydrogen (secondary N) is 1. The number of aromatic nitrogens is 2. The third-order valence-corrected chi connectivity index (χ3v) is 5.43. The molecule has 2 aliphatic rings. The summed E-state index contributed by atoms with van der Waals surface area (Å²) in [6.07, 6.45) is 5.86. The van der Waals surface area contributed by atoms with Crippen LogP contribution >= 0.6 is 0 Å². The Morgan fingerprint density at radius 2 is 2.27 bits per heavy atom. The summed E-state index contributed by atoms with van der Waals surface area (Å²) in [6.45, 7) is 4.61. The molecule has 6 heteroatoms. The minimum absolute atomic E-state index is 0.0756. The molecule has 0 bridgehead atoms. The Balaban J connectivity index is 1.36. The van der Waals surface area contributed by atoms with Crippen molar-refractivity contribution in [3.63, 3.8) is 0 Å². The summed E-state index contributed by atoms with van der Waals surface area (Å²) in [7, 11) is 0. The number of pyridine rings is 2. The van der Waals surface area contributed by atoms with Gasteiger partial charge in [-0.2, -0.15) is 0 Å². The molecule has 4 rings (SSSR count). The highest BCUT2D eigenvalue weighted by Gasteiger charge is 2.51. The monoisotopic (exact) mass is 352 g/mol. The SMILES string of the molecule is O=C(C[C@@]12COC[C@@H]1CN(Cc1ccccn1)C2)NCc1cccnc1. The molecule has 1 amide bonds. The van der Waals surface area contributed by atoms with Crippen LogP contribution in [0, 0.1) is 11.3 Å². The zero-order chi connectivity index (χ0) is 17.8. The lowest BCUT2D eigenvalue weighted by molar-refractivity contribution is -0.123. The van der Waals surface area contributed by atoms with Gasteiger partial charge in [0.15, 0.2) is 0 Å². The van der Waals surface area contributed by atoms with Crippen molar-refractivity contribution in [1.29, 1.82) is 0 Å². The molecule has 136 valence electrons. The molecule has 4 heterocycles. The summed E-state index contributed by atoms with van der Waals surface area (Å²) >= 11 is 0. The molecule has 2 aromatic rings. The van der Waals surface area contributed by atoms with Crippen LogP contribution in [0.15, 0.2) is 48.9 Å². The maximum absolute atomic E-state index is 12.6. The predicted octanol–water partition coefficient (Wildman–Crippen LogP) is 1.63. The topological polar surface area (TPSA) is 67.3 Å². The third-order valence-electron chi connectivity index (χ3n) is 5.43.